The number of carbonyl (C=O) groups excluding carboxylic acids is 1. The Hall–Kier alpha value is -2.30. The van der Waals surface area contributed by atoms with Gasteiger partial charge in [0.25, 0.3) is 0 Å². The van der Waals surface area contributed by atoms with Crippen LogP contribution in [-0.2, 0) is 13.0 Å². The van der Waals surface area contributed by atoms with Gasteiger partial charge in [0, 0.05) is 24.7 Å². The molecule has 0 radical (unpaired) electrons. The van der Waals surface area contributed by atoms with Gasteiger partial charge in [-0.15, -0.1) is 0 Å². The van der Waals surface area contributed by atoms with Gasteiger partial charge < -0.3 is 14.7 Å². The number of aryl methyl sites for hydroxylation is 2. The summed E-state index contributed by atoms with van der Waals surface area (Å²) in [6.07, 6.45) is 3.05. The average molecular weight is 313 g/mol. The number of benzene rings is 1. The third kappa shape index (κ3) is 3.55. The zero-order valence-electron chi connectivity index (χ0n) is 13.7. The second-order valence-corrected chi connectivity index (χ2v) is 6.14. The van der Waals surface area contributed by atoms with Gasteiger partial charge in [-0.1, -0.05) is 35.5 Å². The van der Waals surface area contributed by atoms with Gasteiger partial charge in [0.15, 0.2) is 0 Å². The second kappa shape index (κ2) is 6.86. The summed E-state index contributed by atoms with van der Waals surface area (Å²) in [4.78, 5) is 14.5. The molecular weight excluding hydrogens is 290 g/mol. The van der Waals surface area contributed by atoms with Crippen LogP contribution in [0, 0.1) is 13.8 Å². The summed E-state index contributed by atoms with van der Waals surface area (Å²) >= 11 is 0. The van der Waals surface area contributed by atoms with Crippen LogP contribution < -0.4 is 5.32 Å². The molecule has 1 aliphatic heterocycles. The number of hydrogen-bond acceptors (Lipinski definition) is 3. The third-order valence-electron chi connectivity index (χ3n) is 4.55. The summed E-state index contributed by atoms with van der Waals surface area (Å²) < 4.78 is 5.14. The SMILES string of the molecule is Cc1noc(C)c1CNC(=O)N1CCCC1Cc1ccccc1. The molecule has 1 fully saturated rings. The molecule has 2 aromatic rings. The Labute approximate surface area is 136 Å². The van der Waals surface area contributed by atoms with E-state index in [4.69, 9.17) is 4.52 Å². The first-order valence-electron chi connectivity index (χ1n) is 8.15. The van der Waals surface area contributed by atoms with Crippen molar-refractivity contribution in [3.05, 3.63) is 52.9 Å². The van der Waals surface area contributed by atoms with Crippen molar-refractivity contribution in [1.29, 1.82) is 0 Å². The monoisotopic (exact) mass is 313 g/mol. The molecule has 1 atom stereocenters. The minimum absolute atomic E-state index is 0.00318. The number of likely N-dealkylation sites (tertiary alicyclic amines) is 1. The number of hydrogen-bond donors (Lipinski definition) is 1. The van der Waals surface area contributed by atoms with Crippen LogP contribution in [0.5, 0.6) is 0 Å². The van der Waals surface area contributed by atoms with E-state index in [0.717, 1.165) is 42.8 Å². The lowest BCUT2D eigenvalue weighted by molar-refractivity contribution is 0.192. The number of amides is 2. The van der Waals surface area contributed by atoms with E-state index in [9.17, 15) is 4.79 Å². The molecule has 0 saturated carbocycles. The fourth-order valence-corrected chi connectivity index (χ4v) is 3.22. The predicted molar refractivity (Wildman–Crippen MR) is 88.1 cm³/mol. The Morgan fingerprint density at radius 3 is 2.83 bits per heavy atom. The highest BCUT2D eigenvalue weighted by molar-refractivity contribution is 5.75. The van der Waals surface area contributed by atoms with Crippen LogP contribution >= 0.6 is 0 Å². The summed E-state index contributed by atoms with van der Waals surface area (Å²) in [5.41, 5.74) is 3.09. The van der Waals surface area contributed by atoms with E-state index >= 15 is 0 Å². The van der Waals surface area contributed by atoms with Crippen molar-refractivity contribution < 1.29 is 9.32 Å². The van der Waals surface area contributed by atoms with E-state index in [0.29, 0.717) is 6.54 Å². The van der Waals surface area contributed by atoms with Crippen molar-refractivity contribution in [3.8, 4) is 0 Å². The molecule has 2 heterocycles. The minimum Gasteiger partial charge on any atom is -0.361 e. The van der Waals surface area contributed by atoms with E-state index < -0.39 is 0 Å². The van der Waals surface area contributed by atoms with Crippen molar-refractivity contribution >= 4 is 6.03 Å². The zero-order chi connectivity index (χ0) is 16.2. The van der Waals surface area contributed by atoms with Crippen molar-refractivity contribution in [2.45, 2.75) is 45.7 Å². The smallest absolute Gasteiger partial charge is 0.317 e. The molecule has 1 aromatic heterocycles. The first-order valence-corrected chi connectivity index (χ1v) is 8.15. The summed E-state index contributed by atoms with van der Waals surface area (Å²) in [5.74, 6) is 0.769. The van der Waals surface area contributed by atoms with Crippen LogP contribution in [0.1, 0.15) is 35.4 Å². The fraction of sp³-hybridized carbons (Fsp3) is 0.444. The van der Waals surface area contributed by atoms with Crippen LogP contribution in [0.3, 0.4) is 0 Å². The van der Waals surface area contributed by atoms with Gasteiger partial charge in [-0.2, -0.15) is 0 Å². The lowest BCUT2D eigenvalue weighted by Crippen LogP contribution is -2.43. The molecule has 5 nitrogen and oxygen atoms in total. The van der Waals surface area contributed by atoms with Crippen molar-refractivity contribution in [3.63, 3.8) is 0 Å². The van der Waals surface area contributed by atoms with Gasteiger partial charge in [0.1, 0.15) is 5.76 Å². The highest BCUT2D eigenvalue weighted by Gasteiger charge is 2.28. The van der Waals surface area contributed by atoms with Gasteiger partial charge >= 0.3 is 6.03 Å². The van der Waals surface area contributed by atoms with Crippen LogP contribution in [-0.4, -0.2) is 28.7 Å². The summed E-state index contributed by atoms with van der Waals surface area (Å²) in [6, 6.07) is 10.6. The van der Waals surface area contributed by atoms with E-state index in [-0.39, 0.29) is 12.1 Å². The van der Waals surface area contributed by atoms with Crippen LogP contribution in [0.15, 0.2) is 34.9 Å². The topological polar surface area (TPSA) is 58.4 Å². The third-order valence-corrected chi connectivity index (χ3v) is 4.55. The molecule has 122 valence electrons. The number of rotatable bonds is 4. The molecule has 23 heavy (non-hydrogen) atoms. The molecule has 5 heteroatoms. The maximum absolute atomic E-state index is 12.5. The van der Waals surface area contributed by atoms with Crippen molar-refractivity contribution in [2.75, 3.05) is 6.54 Å². The fourth-order valence-electron chi connectivity index (χ4n) is 3.22. The van der Waals surface area contributed by atoms with E-state index in [1.807, 2.05) is 36.9 Å². The zero-order valence-corrected chi connectivity index (χ0v) is 13.7. The van der Waals surface area contributed by atoms with Crippen LogP contribution in [0.4, 0.5) is 4.79 Å². The van der Waals surface area contributed by atoms with E-state index in [2.05, 4.69) is 22.6 Å². The summed E-state index contributed by atoms with van der Waals surface area (Å²) in [7, 11) is 0. The number of nitrogens with zero attached hydrogens (tertiary/aromatic N) is 2. The molecule has 0 aliphatic carbocycles. The van der Waals surface area contributed by atoms with Gasteiger partial charge in [-0.3, -0.25) is 0 Å². The summed E-state index contributed by atoms with van der Waals surface area (Å²) in [5, 5.41) is 6.93. The standard InChI is InChI=1S/C18H23N3O2/c1-13-17(14(2)23-20-13)12-19-18(22)21-10-6-9-16(21)11-15-7-4-3-5-8-15/h3-5,7-8,16H,6,9-12H2,1-2H3,(H,19,22). The first-order chi connectivity index (χ1) is 11.1. The number of aromatic nitrogens is 1. The Morgan fingerprint density at radius 2 is 2.13 bits per heavy atom. The maximum atomic E-state index is 12.5. The predicted octanol–water partition coefficient (Wildman–Crippen LogP) is 3.21. The summed E-state index contributed by atoms with van der Waals surface area (Å²) in [6.45, 7) is 5.06. The lowest BCUT2D eigenvalue weighted by atomic mass is 10.0. The van der Waals surface area contributed by atoms with E-state index in [1.165, 1.54) is 5.56 Å². The molecular formula is C18H23N3O2. The molecule has 1 unspecified atom stereocenters. The highest BCUT2D eigenvalue weighted by Crippen LogP contribution is 2.21. The maximum Gasteiger partial charge on any atom is 0.317 e. The minimum atomic E-state index is 0.00318. The van der Waals surface area contributed by atoms with Crippen molar-refractivity contribution in [1.82, 2.24) is 15.4 Å². The van der Waals surface area contributed by atoms with Crippen LogP contribution in [0.25, 0.3) is 0 Å². The Balaban J connectivity index is 1.60. The van der Waals surface area contributed by atoms with Gasteiger partial charge in [0.05, 0.1) is 5.69 Å². The molecule has 3 rings (SSSR count). The van der Waals surface area contributed by atoms with Gasteiger partial charge in [0.2, 0.25) is 0 Å². The first kappa shape index (κ1) is 15.6. The highest BCUT2D eigenvalue weighted by atomic mass is 16.5. The van der Waals surface area contributed by atoms with E-state index in [1.54, 1.807) is 0 Å². The Morgan fingerprint density at radius 1 is 1.35 bits per heavy atom. The molecule has 1 saturated heterocycles. The quantitative estimate of drug-likeness (QED) is 0.943. The molecule has 0 bridgehead atoms. The van der Waals surface area contributed by atoms with Gasteiger partial charge in [-0.05, 0) is 38.7 Å². The second-order valence-electron chi connectivity index (χ2n) is 6.14. The van der Waals surface area contributed by atoms with Gasteiger partial charge in [-0.25, -0.2) is 4.79 Å². The number of nitrogens with one attached hydrogen (secondary N) is 1. The van der Waals surface area contributed by atoms with Crippen LogP contribution in [0.2, 0.25) is 0 Å². The molecule has 1 aliphatic rings. The number of carbonyl (C=O) groups is 1. The largest absolute Gasteiger partial charge is 0.361 e. The molecule has 0 spiro atoms. The molecule has 2 amide bonds. The molecule has 1 aromatic carbocycles. The van der Waals surface area contributed by atoms with Crippen molar-refractivity contribution in [2.24, 2.45) is 0 Å². The lowest BCUT2D eigenvalue weighted by Gasteiger charge is -2.25. The Bertz CT molecular complexity index is 647. The average Bonchev–Trinajstić information content (AvgIpc) is 3.14. The number of urea groups is 1. The Kier molecular flexibility index (Phi) is 4.65. The normalized spacial score (nSPS) is 17.5. The molecule has 1 N–H and O–H groups in total.